The summed E-state index contributed by atoms with van der Waals surface area (Å²) in [7, 11) is 0. The van der Waals surface area contributed by atoms with Crippen molar-refractivity contribution < 1.29 is 47.5 Å². The Hall–Kier alpha value is -4.80. The van der Waals surface area contributed by atoms with Crippen LogP contribution in [0.2, 0.25) is 0 Å². The van der Waals surface area contributed by atoms with Crippen molar-refractivity contribution in [2.24, 2.45) is 0 Å². The maximum atomic E-state index is 12.0. The Bertz CT molecular complexity index is 1260. The highest BCUT2D eigenvalue weighted by Crippen LogP contribution is 2.19. The molecule has 246 valence electrons. The van der Waals surface area contributed by atoms with Crippen LogP contribution < -0.4 is 18.9 Å². The number of para-hydroxylation sites is 2. The molecular formula is C36H42O10. The Morgan fingerprint density at radius 1 is 0.522 bits per heavy atom. The second kappa shape index (κ2) is 20.3. The van der Waals surface area contributed by atoms with Crippen LogP contribution in [-0.4, -0.2) is 77.0 Å². The Kier molecular flexibility index (Phi) is 15.7. The van der Waals surface area contributed by atoms with E-state index in [9.17, 15) is 9.59 Å². The standard InChI is InChI=1S/C36H42O10/c1-27(2)35(37)45-33(25-43-29-12-7-5-8-13-29)23-39-18-20-41-31-16-11-17-32(22-31)42-21-19-40-24-34(46-36(38)28(3)4)26-44-30-14-9-6-10-15-30/h5-17,22,33-34H,1,3,18-21,23-26H2,2,4H3. The highest BCUT2D eigenvalue weighted by molar-refractivity contribution is 5.87. The van der Waals surface area contributed by atoms with Crippen molar-refractivity contribution in [3.63, 3.8) is 0 Å². The van der Waals surface area contributed by atoms with Gasteiger partial charge in [0.2, 0.25) is 0 Å². The van der Waals surface area contributed by atoms with Crippen LogP contribution in [0.3, 0.4) is 0 Å². The summed E-state index contributed by atoms with van der Waals surface area (Å²) in [6.07, 6.45) is -1.23. The second-order valence-electron chi connectivity index (χ2n) is 10.2. The van der Waals surface area contributed by atoms with E-state index in [0.717, 1.165) is 0 Å². The normalized spacial score (nSPS) is 11.9. The molecule has 0 aromatic heterocycles. The Morgan fingerprint density at radius 2 is 0.913 bits per heavy atom. The van der Waals surface area contributed by atoms with Gasteiger partial charge in [0.05, 0.1) is 26.4 Å². The van der Waals surface area contributed by atoms with Crippen molar-refractivity contribution in [3.05, 3.63) is 109 Å². The molecule has 0 radical (unpaired) electrons. The first-order chi connectivity index (χ1) is 22.3. The molecule has 2 atom stereocenters. The van der Waals surface area contributed by atoms with Crippen LogP contribution >= 0.6 is 0 Å². The average Bonchev–Trinajstić information content (AvgIpc) is 3.06. The maximum absolute atomic E-state index is 12.0. The van der Waals surface area contributed by atoms with E-state index in [1.54, 1.807) is 19.9 Å². The SMILES string of the molecule is C=C(C)C(=O)OC(COCCOc1cccc(OCCOCC(COc2ccccc2)OC(=O)C(=C)C)c1)COc1ccccc1. The number of hydrogen-bond donors (Lipinski definition) is 0. The van der Waals surface area contributed by atoms with Gasteiger partial charge in [-0.05, 0) is 50.2 Å². The molecule has 0 saturated heterocycles. The fraction of sp³-hybridized carbons (Fsp3) is 0.333. The average molecular weight is 635 g/mol. The monoisotopic (exact) mass is 634 g/mol. The third-order valence-electron chi connectivity index (χ3n) is 6.01. The molecule has 46 heavy (non-hydrogen) atoms. The molecule has 2 unspecified atom stereocenters. The summed E-state index contributed by atoms with van der Waals surface area (Å²) in [5.41, 5.74) is 0.590. The van der Waals surface area contributed by atoms with Gasteiger partial charge in [-0.25, -0.2) is 9.59 Å². The number of carbonyl (C=O) groups excluding carboxylic acids is 2. The Morgan fingerprint density at radius 3 is 1.30 bits per heavy atom. The van der Waals surface area contributed by atoms with Gasteiger partial charge in [-0.1, -0.05) is 55.6 Å². The lowest BCUT2D eigenvalue weighted by molar-refractivity contribution is -0.150. The summed E-state index contributed by atoms with van der Waals surface area (Å²) in [4.78, 5) is 24.1. The first-order valence-electron chi connectivity index (χ1n) is 14.9. The van der Waals surface area contributed by atoms with Gasteiger partial charge in [0.25, 0.3) is 0 Å². The van der Waals surface area contributed by atoms with Crippen molar-refractivity contribution in [2.75, 3.05) is 52.9 Å². The van der Waals surface area contributed by atoms with E-state index in [1.807, 2.05) is 78.9 Å². The minimum atomic E-state index is -0.617. The lowest BCUT2D eigenvalue weighted by Gasteiger charge is -2.19. The van der Waals surface area contributed by atoms with Crippen LogP contribution in [0.15, 0.2) is 109 Å². The summed E-state index contributed by atoms with van der Waals surface area (Å²) in [5, 5.41) is 0. The number of benzene rings is 3. The van der Waals surface area contributed by atoms with Crippen molar-refractivity contribution >= 4 is 11.9 Å². The topological polar surface area (TPSA) is 108 Å². The van der Waals surface area contributed by atoms with Crippen LogP contribution in [-0.2, 0) is 28.5 Å². The van der Waals surface area contributed by atoms with Crippen LogP contribution in [0.5, 0.6) is 23.0 Å². The first-order valence-corrected chi connectivity index (χ1v) is 14.9. The molecule has 0 aliphatic carbocycles. The smallest absolute Gasteiger partial charge is 0.333 e. The van der Waals surface area contributed by atoms with Crippen molar-refractivity contribution in [1.82, 2.24) is 0 Å². The van der Waals surface area contributed by atoms with Gasteiger partial charge < -0.3 is 37.9 Å². The van der Waals surface area contributed by atoms with E-state index in [1.165, 1.54) is 0 Å². The fourth-order valence-corrected chi connectivity index (χ4v) is 3.67. The van der Waals surface area contributed by atoms with E-state index in [4.69, 9.17) is 37.9 Å². The minimum absolute atomic E-state index is 0.129. The van der Waals surface area contributed by atoms with Crippen LogP contribution in [0.25, 0.3) is 0 Å². The van der Waals surface area contributed by atoms with Crippen LogP contribution in [0.4, 0.5) is 0 Å². The molecule has 0 N–H and O–H groups in total. The highest BCUT2D eigenvalue weighted by atomic mass is 16.6. The van der Waals surface area contributed by atoms with E-state index in [-0.39, 0.29) is 52.9 Å². The van der Waals surface area contributed by atoms with E-state index >= 15 is 0 Å². The van der Waals surface area contributed by atoms with Crippen molar-refractivity contribution in [3.8, 4) is 23.0 Å². The predicted octanol–water partition coefficient (Wildman–Crippen LogP) is 5.61. The van der Waals surface area contributed by atoms with Crippen molar-refractivity contribution in [1.29, 1.82) is 0 Å². The third-order valence-corrected chi connectivity index (χ3v) is 6.01. The number of rotatable bonds is 22. The quantitative estimate of drug-likeness (QED) is 0.0786. The number of hydrogen-bond acceptors (Lipinski definition) is 10. The molecular weight excluding hydrogens is 592 g/mol. The molecule has 0 fully saturated rings. The molecule has 0 spiro atoms. The van der Waals surface area contributed by atoms with Crippen LogP contribution in [0.1, 0.15) is 13.8 Å². The van der Waals surface area contributed by atoms with Gasteiger partial charge >= 0.3 is 11.9 Å². The summed E-state index contributed by atoms with van der Waals surface area (Å²) in [5.74, 6) is 1.52. The Balaban J connectivity index is 1.36. The molecule has 3 rings (SSSR count). The molecule has 0 bridgehead atoms. The molecule has 0 aliphatic heterocycles. The fourth-order valence-electron chi connectivity index (χ4n) is 3.67. The molecule has 10 heteroatoms. The number of esters is 2. The van der Waals surface area contributed by atoms with Gasteiger partial charge in [-0.2, -0.15) is 0 Å². The zero-order chi connectivity index (χ0) is 33.0. The molecule has 3 aromatic carbocycles. The van der Waals surface area contributed by atoms with Gasteiger partial charge in [-0.3, -0.25) is 0 Å². The maximum Gasteiger partial charge on any atom is 0.333 e. The molecule has 0 heterocycles. The summed E-state index contributed by atoms with van der Waals surface area (Å²) in [6.45, 7) is 12.0. The van der Waals surface area contributed by atoms with E-state index in [0.29, 0.717) is 34.1 Å². The van der Waals surface area contributed by atoms with E-state index < -0.39 is 24.1 Å². The largest absolute Gasteiger partial charge is 0.491 e. The summed E-state index contributed by atoms with van der Waals surface area (Å²) in [6, 6.07) is 25.7. The molecule has 10 nitrogen and oxygen atoms in total. The van der Waals surface area contributed by atoms with Gasteiger partial charge in [0, 0.05) is 17.2 Å². The second-order valence-corrected chi connectivity index (χ2v) is 10.2. The zero-order valence-corrected chi connectivity index (χ0v) is 26.4. The molecule has 0 amide bonds. The summed E-state index contributed by atoms with van der Waals surface area (Å²) >= 11 is 0. The predicted molar refractivity (Wildman–Crippen MR) is 172 cm³/mol. The summed E-state index contributed by atoms with van der Waals surface area (Å²) < 4.78 is 45.4. The number of carbonyl (C=O) groups is 2. The molecule has 0 saturated carbocycles. The lowest BCUT2D eigenvalue weighted by atomic mass is 10.3. The first kappa shape index (κ1) is 35.7. The van der Waals surface area contributed by atoms with Crippen molar-refractivity contribution in [2.45, 2.75) is 26.1 Å². The Labute approximate surface area is 270 Å². The molecule has 3 aromatic rings. The third kappa shape index (κ3) is 14.3. The zero-order valence-electron chi connectivity index (χ0n) is 26.4. The minimum Gasteiger partial charge on any atom is -0.491 e. The van der Waals surface area contributed by atoms with Gasteiger partial charge in [0.1, 0.15) is 49.4 Å². The van der Waals surface area contributed by atoms with E-state index in [2.05, 4.69) is 13.2 Å². The van der Waals surface area contributed by atoms with Crippen LogP contribution in [0, 0.1) is 0 Å². The van der Waals surface area contributed by atoms with Gasteiger partial charge in [0.15, 0.2) is 12.2 Å². The highest BCUT2D eigenvalue weighted by Gasteiger charge is 2.18. The molecule has 0 aliphatic rings. The lowest BCUT2D eigenvalue weighted by Crippen LogP contribution is -2.30. The van der Waals surface area contributed by atoms with Gasteiger partial charge in [-0.15, -0.1) is 0 Å². The number of ether oxygens (including phenoxy) is 8.